The second-order valence-electron chi connectivity index (χ2n) is 7.60. The third kappa shape index (κ3) is 8.33. The van der Waals surface area contributed by atoms with Crippen molar-refractivity contribution in [3.63, 3.8) is 0 Å². The molecule has 1 amide bonds. The first kappa shape index (κ1) is 25.5. The molecule has 0 radical (unpaired) electrons. The van der Waals surface area contributed by atoms with Crippen LogP contribution in [-0.4, -0.2) is 56.0 Å². The number of nitrogens with zero attached hydrogens (tertiary/aromatic N) is 3. The van der Waals surface area contributed by atoms with Crippen LogP contribution in [0.3, 0.4) is 0 Å². The lowest BCUT2D eigenvalue weighted by atomic mass is 10.1. The minimum Gasteiger partial charge on any atom is -0.363 e. The molecule has 2 N–H and O–H groups in total. The third-order valence-electron chi connectivity index (χ3n) is 5.28. The van der Waals surface area contributed by atoms with Gasteiger partial charge in [-0.05, 0) is 42.8 Å². The number of hydrogen-bond donors (Lipinski definition) is 2. The number of aliphatic imine (C=N–C) groups is 1. The molecule has 1 aromatic carbocycles. The van der Waals surface area contributed by atoms with Crippen LogP contribution in [0.5, 0.6) is 0 Å². The van der Waals surface area contributed by atoms with Gasteiger partial charge in [-0.25, -0.2) is 0 Å². The Morgan fingerprint density at radius 3 is 2.58 bits per heavy atom. The fourth-order valence-corrected chi connectivity index (χ4v) is 4.39. The number of anilines is 1. The van der Waals surface area contributed by atoms with Crippen LogP contribution in [0.1, 0.15) is 31.7 Å². The summed E-state index contributed by atoms with van der Waals surface area (Å²) >= 11 is 1.80. The van der Waals surface area contributed by atoms with E-state index < -0.39 is 0 Å². The highest BCUT2D eigenvalue weighted by molar-refractivity contribution is 14.0. The summed E-state index contributed by atoms with van der Waals surface area (Å²) in [4.78, 5) is 21.3. The van der Waals surface area contributed by atoms with Crippen LogP contribution >= 0.6 is 35.3 Å². The van der Waals surface area contributed by atoms with Gasteiger partial charge < -0.3 is 20.4 Å². The zero-order chi connectivity index (χ0) is 21.2. The molecule has 0 spiro atoms. The quantitative estimate of drug-likeness (QED) is 0.295. The van der Waals surface area contributed by atoms with E-state index >= 15 is 0 Å². The molecule has 1 aliphatic heterocycles. The van der Waals surface area contributed by atoms with Gasteiger partial charge in [-0.2, -0.15) is 0 Å². The van der Waals surface area contributed by atoms with E-state index in [1.54, 1.807) is 16.2 Å². The summed E-state index contributed by atoms with van der Waals surface area (Å²) in [6.07, 6.45) is 2.58. The first-order valence-corrected chi connectivity index (χ1v) is 11.6. The van der Waals surface area contributed by atoms with E-state index in [9.17, 15) is 4.79 Å². The average molecular weight is 556 g/mol. The fourth-order valence-electron chi connectivity index (χ4n) is 3.61. The van der Waals surface area contributed by atoms with Gasteiger partial charge in [-0.15, -0.1) is 35.3 Å². The minimum absolute atomic E-state index is 0. The first-order chi connectivity index (χ1) is 14.7. The van der Waals surface area contributed by atoms with Crippen LogP contribution in [0.4, 0.5) is 5.00 Å². The van der Waals surface area contributed by atoms with Crippen LogP contribution in [0, 0.1) is 0 Å². The van der Waals surface area contributed by atoms with Crippen molar-refractivity contribution in [2.45, 2.75) is 38.8 Å². The maximum atomic E-state index is 12.4. The molecule has 1 aromatic heterocycles. The van der Waals surface area contributed by atoms with Gasteiger partial charge in [0.2, 0.25) is 5.91 Å². The number of piperidine rings is 1. The van der Waals surface area contributed by atoms with E-state index in [0.717, 1.165) is 44.0 Å². The summed E-state index contributed by atoms with van der Waals surface area (Å²) in [5, 5.41) is 10.4. The molecular formula is C23H34IN5OS. The highest BCUT2D eigenvalue weighted by Crippen LogP contribution is 2.24. The van der Waals surface area contributed by atoms with Gasteiger partial charge in [0.15, 0.2) is 5.96 Å². The van der Waals surface area contributed by atoms with E-state index in [1.807, 2.05) is 37.4 Å². The topological polar surface area (TPSA) is 60.0 Å². The molecule has 3 rings (SSSR count). The number of thiophene rings is 1. The Hall–Kier alpha value is -1.81. The van der Waals surface area contributed by atoms with E-state index in [4.69, 9.17) is 0 Å². The highest BCUT2D eigenvalue weighted by atomic mass is 127. The lowest BCUT2D eigenvalue weighted by Gasteiger charge is -2.33. The number of guanidine groups is 1. The van der Waals surface area contributed by atoms with Crippen molar-refractivity contribution in [1.82, 2.24) is 15.5 Å². The van der Waals surface area contributed by atoms with Gasteiger partial charge in [-0.3, -0.25) is 9.79 Å². The predicted molar refractivity (Wildman–Crippen MR) is 142 cm³/mol. The number of hydrogen-bond acceptors (Lipinski definition) is 4. The fraction of sp³-hybridized carbons (Fsp3) is 0.478. The Labute approximate surface area is 207 Å². The van der Waals surface area contributed by atoms with Crippen molar-refractivity contribution >= 4 is 52.2 Å². The SMILES string of the molecule is CCNC(=NCCC(=O)N(C)Cc1ccccc1)NC1CCN(c2cccs2)CC1.I. The summed E-state index contributed by atoms with van der Waals surface area (Å²) < 4.78 is 0. The number of halogens is 1. The smallest absolute Gasteiger partial charge is 0.224 e. The van der Waals surface area contributed by atoms with Gasteiger partial charge in [0, 0.05) is 45.7 Å². The maximum absolute atomic E-state index is 12.4. The van der Waals surface area contributed by atoms with Crippen molar-refractivity contribution in [3.8, 4) is 0 Å². The van der Waals surface area contributed by atoms with Gasteiger partial charge in [-0.1, -0.05) is 30.3 Å². The largest absolute Gasteiger partial charge is 0.363 e. The molecule has 0 unspecified atom stereocenters. The van der Waals surface area contributed by atoms with Gasteiger partial charge in [0.1, 0.15) is 0 Å². The molecular weight excluding hydrogens is 521 g/mol. The molecule has 1 saturated heterocycles. The number of carbonyl (C=O) groups is 1. The molecule has 0 atom stereocenters. The molecule has 1 fully saturated rings. The third-order valence-corrected chi connectivity index (χ3v) is 6.21. The Morgan fingerprint density at radius 2 is 1.94 bits per heavy atom. The Morgan fingerprint density at radius 1 is 1.19 bits per heavy atom. The molecule has 0 bridgehead atoms. The molecule has 8 heteroatoms. The van der Waals surface area contributed by atoms with Crippen LogP contribution in [-0.2, 0) is 11.3 Å². The van der Waals surface area contributed by atoms with E-state index in [1.165, 1.54) is 5.00 Å². The first-order valence-electron chi connectivity index (χ1n) is 10.8. The van der Waals surface area contributed by atoms with Crippen molar-refractivity contribution in [3.05, 3.63) is 53.4 Å². The van der Waals surface area contributed by atoms with E-state index in [2.05, 4.69) is 45.0 Å². The van der Waals surface area contributed by atoms with Crippen LogP contribution in [0.15, 0.2) is 52.8 Å². The zero-order valence-electron chi connectivity index (χ0n) is 18.4. The highest BCUT2D eigenvalue weighted by Gasteiger charge is 2.20. The van der Waals surface area contributed by atoms with Gasteiger partial charge >= 0.3 is 0 Å². The molecule has 6 nitrogen and oxygen atoms in total. The monoisotopic (exact) mass is 555 g/mol. The second kappa shape index (κ2) is 13.6. The normalized spacial score (nSPS) is 14.6. The molecule has 2 heterocycles. The molecule has 2 aromatic rings. The standard InChI is InChI=1S/C23H33N5OS.HI/c1-3-24-23(26-20-12-15-28(16-13-20)22-10-7-17-30-22)25-14-11-21(29)27(2)18-19-8-5-4-6-9-19;/h4-10,17,20H,3,11-16,18H2,1-2H3,(H2,24,25,26);1H. The van der Waals surface area contributed by atoms with Gasteiger partial charge in [0.25, 0.3) is 0 Å². The maximum Gasteiger partial charge on any atom is 0.224 e. The molecule has 0 saturated carbocycles. The summed E-state index contributed by atoms with van der Waals surface area (Å²) in [6, 6.07) is 14.8. The molecule has 0 aliphatic carbocycles. The van der Waals surface area contributed by atoms with E-state index in [0.29, 0.717) is 25.6 Å². The van der Waals surface area contributed by atoms with Crippen molar-refractivity contribution in [2.24, 2.45) is 4.99 Å². The second-order valence-corrected chi connectivity index (χ2v) is 8.53. The summed E-state index contributed by atoms with van der Waals surface area (Å²) in [6.45, 7) is 6.10. The van der Waals surface area contributed by atoms with Crippen LogP contribution in [0.2, 0.25) is 0 Å². The van der Waals surface area contributed by atoms with Crippen molar-refractivity contribution < 1.29 is 4.79 Å². The van der Waals surface area contributed by atoms with E-state index in [-0.39, 0.29) is 29.9 Å². The zero-order valence-corrected chi connectivity index (χ0v) is 21.6. The Balaban J connectivity index is 0.00000341. The predicted octanol–water partition coefficient (Wildman–Crippen LogP) is 3.94. The summed E-state index contributed by atoms with van der Waals surface area (Å²) in [5.74, 6) is 0.924. The Kier molecular flexibility index (Phi) is 11.1. The van der Waals surface area contributed by atoms with Crippen LogP contribution in [0.25, 0.3) is 0 Å². The van der Waals surface area contributed by atoms with Crippen LogP contribution < -0.4 is 15.5 Å². The lowest BCUT2D eigenvalue weighted by molar-refractivity contribution is -0.130. The Bertz CT molecular complexity index is 792. The van der Waals surface area contributed by atoms with Crippen molar-refractivity contribution in [2.75, 3.05) is 38.1 Å². The average Bonchev–Trinajstić information content (AvgIpc) is 3.30. The number of nitrogens with one attached hydrogen (secondary N) is 2. The number of rotatable bonds is 8. The van der Waals surface area contributed by atoms with Gasteiger partial charge in [0.05, 0.1) is 11.5 Å². The number of carbonyl (C=O) groups excluding carboxylic acids is 1. The molecule has 31 heavy (non-hydrogen) atoms. The number of amides is 1. The number of benzene rings is 1. The minimum atomic E-state index is 0. The summed E-state index contributed by atoms with van der Waals surface area (Å²) in [7, 11) is 1.85. The lowest BCUT2D eigenvalue weighted by Crippen LogP contribution is -2.48. The molecule has 1 aliphatic rings. The van der Waals surface area contributed by atoms with Crippen molar-refractivity contribution in [1.29, 1.82) is 0 Å². The summed E-state index contributed by atoms with van der Waals surface area (Å²) in [5.41, 5.74) is 1.14. The molecule has 170 valence electrons.